The average molecular weight is 1040 g/mol. The van der Waals surface area contributed by atoms with E-state index in [0.717, 1.165) is 122 Å². The quantitative estimate of drug-likeness (QED) is 0.0211. The van der Waals surface area contributed by atoms with Crippen LogP contribution in [-0.2, 0) is 32.7 Å². The molecule has 2 unspecified atom stereocenters. The molecule has 9 nitrogen and oxygen atoms in total. The number of rotatable bonds is 51. The van der Waals surface area contributed by atoms with Crippen molar-refractivity contribution in [3.8, 4) is 0 Å². The number of phosphoric acid groups is 1. The van der Waals surface area contributed by atoms with Crippen molar-refractivity contribution in [2.24, 2.45) is 0 Å². The Labute approximate surface area is 448 Å². The molecule has 0 fully saturated rings. The van der Waals surface area contributed by atoms with Crippen molar-refractivity contribution in [1.29, 1.82) is 0 Å². The first kappa shape index (κ1) is 69.4. The highest BCUT2D eigenvalue weighted by atomic mass is 31.2. The highest BCUT2D eigenvalue weighted by Crippen LogP contribution is 2.43. The van der Waals surface area contributed by atoms with Gasteiger partial charge in [-0.1, -0.05) is 212 Å². The number of quaternary nitrogens is 1. The first-order valence-corrected chi connectivity index (χ1v) is 30.3. The highest BCUT2D eigenvalue weighted by Gasteiger charge is 2.27. The predicted octanol–water partition coefficient (Wildman–Crippen LogP) is 18.0. The molecule has 0 aromatic carbocycles. The standard InChI is InChI=1S/C63H106NO8P/c1-6-8-10-12-14-16-18-20-21-22-23-24-25-26-27-28-29-30-31-32-33-34-35-36-37-38-39-40-41-42-43-44-46-48-50-52-54-56-63(66)72-61(60-71-73(67,68)70-58-57-64(3,4)5)59-69-62(65)55-53-51-49-47-45-19-17-15-13-11-9-7-2/h8,10,14-17,20-21,23-24,26-27,29-30,32-33,35-36,38-39,61H,6-7,9,11-13,18-19,22,25,28,31,34,37,40-60H2,1-5H3/p+1/b10-8-,16-14-,17-15-,21-20-,24-23-,27-26-,30-29-,33-32-,36-35-,39-38-. The third-order valence-electron chi connectivity index (χ3n) is 11.7. The molecule has 0 amide bonds. The lowest BCUT2D eigenvalue weighted by Crippen LogP contribution is -2.37. The van der Waals surface area contributed by atoms with Crippen LogP contribution < -0.4 is 0 Å². The maximum absolute atomic E-state index is 12.8. The van der Waals surface area contributed by atoms with Crippen molar-refractivity contribution in [2.75, 3.05) is 47.5 Å². The largest absolute Gasteiger partial charge is 0.472 e. The van der Waals surface area contributed by atoms with Gasteiger partial charge in [-0.3, -0.25) is 18.6 Å². The Morgan fingerprint density at radius 1 is 0.438 bits per heavy atom. The number of hydrogen-bond acceptors (Lipinski definition) is 7. The molecule has 0 saturated heterocycles. The van der Waals surface area contributed by atoms with Crippen LogP contribution in [0.25, 0.3) is 0 Å². The Balaban J connectivity index is 4.12. The van der Waals surface area contributed by atoms with Crippen molar-refractivity contribution in [1.82, 2.24) is 0 Å². The topological polar surface area (TPSA) is 108 Å². The van der Waals surface area contributed by atoms with Gasteiger partial charge in [-0.15, -0.1) is 0 Å². The molecule has 2 atom stereocenters. The fourth-order valence-electron chi connectivity index (χ4n) is 7.30. The third-order valence-corrected chi connectivity index (χ3v) is 12.7. The van der Waals surface area contributed by atoms with Crippen LogP contribution in [0, 0.1) is 0 Å². The van der Waals surface area contributed by atoms with Crippen LogP contribution in [0.4, 0.5) is 0 Å². The fraction of sp³-hybridized carbons (Fsp3) is 0.651. The molecular formula is C63H107NO8P+. The molecule has 0 heterocycles. The number of ether oxygens (including phenoxy) is 2. The number of unbranched alkanes of at least 4 members (excludes halogenated alkanes) is 17. The first-order chi connectivity index (χ1) is 35.5. The molecule has 0 aliphatic rings. The van der Waals surface area contributed by atoms with E-state index in [1.807, 2.05) is 21.1 Å². The molecule has 0 bridgehead atoms. The lowest BCUT2D eigenvalue weighted by molar-refractivity contribution is -0.870. The van der Waals surface area contributed by atoms with Crippen molar-refractivity contribution in [3.05, 3.63) is 122 Å². The molecular weight excluding hydrogens is 930 g/mol. The van der Waals surface area contributed by atoms with Gasteiger partial charge in [0.2, 0.25) is 0 Å². The van der Waals surface area contributed by atoms with Crippen LogP contribution >= 0.6 is 7.82 Å². The predicted molar refractivity (Wildman–Crippen MR) is 311 cm³/mol. The summed E-state index contributed by atoms with van der Waals surface area (Å²) in [6.45, 7) is 4.25. The van der Waals surface area contributed by atoms with Gasteiger partial charge < -0.3 is 18.9 Å². The molecule has 0 aromatic heterocycles. The Bertz CT molecular complexity index is 1650. The number of allylic oxidation sites excluding steroid dienone is 20. The van der Waals surface area contributed by atoms with Crippen LogP contribution in [-0.4, -0.2) is 74.9 Å². The Kier molecular flexibility index (Phi) is 50.6. The summed E-state index contributed by atoms with van der Waals surface area (Å²) >= 11 is 0. The highest BCUT2D eigenvalue weighted by molar-refractivity contribution is 7.47. The molecule has 0 aliphatic carbocycles. The third kappa shape index (κ3) is 57.5. The minimum atomic E-state index is -4.39. The van der Waals surface area contributed by atoms with E-state index in [9.17, 15) is 19.0 Å². The zero-order valence-corrected chi connectivity index (χ0v) is 48.0. The summed E-state index contributed by atoms with van der Waals surface area (Å²) in [5.74, 6) is -0.823. The van der Waals surface area contributed by atoms with Crippen molar-refractivity contribution < 1.29 is 42.1 Å². The molecule has 0 aromatic rings. The summed E-state index contributed by atoms with van der Waals surface area (Å²) in [7, 11) is 1.45. The van der Waals surface area contributed by atoms with Gasteiger partial charge in [0.05, 0.1) is 27.7 Å². The number of phosphoric ester groups is 1. The summed E-state index contributed by atoms with van der Waals surface area (Å²) in [5, 5.41) is 0. The molecule has 0 saturated carbocycles. The van der Waals surface area contributed by atoms with Gasteiger partial charge >= 0.3 is 19.8 Å². The van der Waals surface area contributed by atoms with E-state index in [0.29, 0.717) is 17.4 Å². The van der Waals surface area contributed by atoms with Crippen LogP contribution in [0.1, 0.15) is 213 Å². The lowest BCUT2D eigenvalue weighted by atomic mass is 10.1. The van der Waals surface area contributed by atoms with E-state index < -0.39 is 26.5 Å². The molecule has 0 spiro atoms. The molecule has 1 N–H and O–H groups in total. The zero-order chi connectivity index (χ0) is 53.5. The van der Waals surface area contributed by atoms with E-state index in [2.05, 4.69) is 135 Å². The maximum Gasteiger partial charge on any atom is 0.472 e. The number of nitrogens with zero attached hydrogens (tertiary/aromatic N) is 1. The number of carbonyl (C=O) groups is 2. The lowest BCUT2D eigenvalue weighted by Gasteiger charge is -2.24. The summed E-state index contributed by atoms with van der Waals surface area (Å²) in [5.41, 5.74) is 0. The van der Waals surface area contributed by atoms with Crippen LogP contribution in [0.2, 0.25) is 0 Å². The normalized spacial score (nSPS) is 14.2. The molecule has 10 heteroatoms. The van der Waals surface area contributed by atoms with Crippen molar-refractivity contribution >= 4 is 19.8 Å². The van der Waals surface area contributed by atoms with E-state index in [1.165, 1.54) is 57.8 Å². The SMILES string of the molecule is CC/C=C\C/C=C\C/C=C\C/C=C\C/C=C\C/C=C\C/C=C\C/C=C\C/C=C\CCCCCCCCCCCC(=O)OC(COC(=O)CCCCCCC/C=C\CCCCC)COP(=O)(O)OCC[N+](C)(C)C. The van der Waals surface area contributed by atoms with Gasteiger partial charge in [-0.2, -0.15) is 0 Å². The van der Waals surface area contributed by atoms with E-state index in [1.54, 1.807) is 0 Å². The van der Waals surface area contributed by atoms with Crippen LogP contribution in [0.5, 0.6) is 0 Å². The minimum Gasteiger partial charge on any atom is -0.462 e. The van der Waals surface area contributed by atoms with E-state index >= 15 is 0 Å². The van der Waals surface area contributed by atoms with Gasteiger partial charge in [0, 0.05) is 12.8 Å². The van der Waals surface area contributed by atoms with E-state index in [-0.39, 0.29) is 32.0 Å². The number of esters is 2. The zero-order valence-electron chi connectivity index (χ0n) is 47.1. The van der Waals surface area contributed by atoms with Gasteiger partial charge in [0.25, 0.3) is 0 Å². The Morgan fingerprint density at radius 3 is 1.18 bits per heavy atom. The summed E-state index contributed by atoms with van der Waals surface area (Å²) in [6.07, 6.45) is 75.6. The second kappa shape index (κ2) is 53.2. The minimum absolute atomic E-state index is 0.0237. The summed E-state index contributed by atoms with van der Waals surface area (Å²) in [6, 6.07) is 0. The van der Waals surface area contributed by atoms with Crippen molar-refractivity contribution in [3.63, 3.8) is 0 Å². The van der Waals surface area contributed by atoms with Gasteiger partial charge in [0.15, 0.2) is 6.10 Å². The first-order valence-electron chi connectivity index (χ1n) is 28.8. The smallest absolute Gasteiger partial charge is 0.462 e. The number of carbonyl (C=O) groups excluding carboxylic acids is 2. The fourth-order valence-corrected chi connectivity index (χ4v) is 8.04. The second-order valence-corrected chi connectivity index (χ2v) is 21.4. The van der Waals surface area contributed by atoms with Gasteiger partial charge in [0.1, 0.15) is 19.8 Å². The van der Waals surface area contributed by atoms with Crippen LogP contribution in [0.3, 0.4) is 0 Å². The monoisotopic (exact) mass is 1040 g/mol. The maximum atomic E-state index is 12.8. The molecule has 0 rings (SSSR count). The molecule has 0 radical (unpaired) electrons. The Hall–Kier alpha value is -3.59. The second-order valence-electron chi connectivity index (χ2n) is 19.9. The average Bonchev–Trinajstić information content (AvgIpc) is 3.35. The summed E-state index contributed by atoms with van der Waals surface area (Å²) < 4.78 is 34.4. The molecule has 73 heavy (non-hydrogen) atoms. The summed E-state index contributed by atoms with van der Waals surface area (Å²) in [4.78, 5) is 35.5. The van der Waals surface area contributed by atoms with E-state index in [4.69, 9.17) is 18.5 Å². The van der Waals surface area contributed by atoms with Gasteiger partial charge in [-0.25, -0.2) is 4.57 Å². The van der Waals surface area contributed by atoms with Crippen LogP contribution in [0.15, 0.2) is 122 Å². The molecule has 416 valence electrons. The van der Waals surface area contributed by atoms with Crippen molar-refractivity contribution in [2.45, 2.75) is 219 Å². The molecule has 0 aliphatic heterocycles. The van der Waals surface area contributed by atoms with Gasteiger partial charge in [-0.05, 0) is 109 Å². The number of hydrogen-bond donors (Lipinski definition) is 1. The number of likely N-dealkylation sites (N-methyl/N-ethyl adjacent to an activating group) is 1. The Morgan fingerprint density at radius 2 is 0.781 bits per heavy atom.